The van der Waals surface area contributed by atoms with E-state index < -0.39 is 21.9 Å². The van der Waals surface area contributed by atoms with Gasteiger partial charge in [0.15, 0.2) is 0 Å². The third kappa shape index (κ3) is 6.06. The van der Waals surface area contributed by atoms with Crippen LogP contribution in [0.5, 0.6) is 0 Å². The fourth-order valence-corrected chi connectivity index (χ4v) is 4.39. The maximum Gasteiger partial charge on any atom is 0.337 e. The summed E-state index contributed by atoms with van der Waals surface area (Å²) >= 11 is 3.19. The van der Waals surface area contributed by atoms with Gasteiger partial charge in [0.25, 0.3) is 5.91 Å². The third-order valence-electron chi connectivity index (χ3n) is 4.48. The molecule has 2 aromatic rings. The first-order chi connectivity index (χ1) is 14.8. The summed E-state index contributed by atoms with van der Waals surface area (Å²) in [5.41, 5.74) is 0.115. The van der Waals surface area contributed by atoms with Gasteiger partial charge >= 0.3 is 5.97 Å². The summed E-state index contributed by atoms with van der Waals surface area (Å²) in [5, 5.41) is 14.9. The van der Waals surface area contributed by atoms with Crippen molar-refractivity contribution in [1.82, 2.24) is 14.9 Å². The first-order valence-corrected chi connectivity index (χ1v) is 11.6. The van der Waals surface area contributed by atoms with Crippen molar-refractivity contribution in [3.63, 3.8) is 0 Å². The van der Waals surface area contributed by atoms with E-state index in [4.69, 9.17) is 0 Å². The van der Waals surface area contributed by atoms with Crippen molar-refractivity contribution < 1.29 is 23.1 Å². The largest absolute Gasteiger partial charge is 0.478 e. The second kappa shape index (κ2) is 9.94. The van der Waals surface area contributed by atoms with Crippen LogP contribution in [0, 0.1) is 0 Å². The van der Waals surface area contributed by atoms with Gasteiger partial charge in [0, 0.05) is 35.5 Å². The molecular formula is C20H21BrN4O5S. The highest BCUT2D eigenvalue weighted by Crippen LogP contribution is 2.22. The summed E-state index contributed by atoms with van der Waals surface area (Å²) < 4.78 is 28.2. The number of halogens is 1. The molecule has 9 nitrogen and oxygen atoms in total. The monoisotopic (exact) mass is 508 g/mol. The van der Waals surface area contributed by atoms with Crippen LogP contribution in [0.15, 0.2) is 64.2 Å². The Kier molecular flexibility index (Phi) is 7.31. The number of carboxylic acid groups (broad SMARTS) is 1. The van der Waals surface area contributed by atoms with Crippen molar-refractivity contribution in [3.05, 3.63) is 70.5 Å². The summed E-state index contributed by atoms with van der Waals surface area (Å²) in [6.45, 7) is 1.66. The molecule has 164 valence electrons. The van der Waals surface area contributed by atoms with Gasteiger partial charge in [0.2, 0.25) is 10.0 Å². The maximum absolute atomic E-state index is 12.6. The molecule has 2 aromatic carbocycles. The van der Waals surface area contributed by atoms with Crippen molar-refractivity contribution in [2.75, 3.05) is 25.1 Å². The molecule has 0 unspecified atom stereocenters. The van der Waals surface area contributed by atoms with Gasteiger partial charge < -0.3 is 20.6 Å². The molecule has 1 aliphatic rings. The number of aromatic carboxylic acids is 1. The number of carboxylic acids is 1. The molecule has 1 amide bonds. The Labute approximate surface area is 188 Å². The summed E-state index contributed by atoms with van der Waals surface area (Å²) in [7, 11) is -3.79. The van der Waals surface area contributed by atoms with Crippen LogP contribution in [-0.4, -0.2) is 50.1 Å². The molecule has 0 aromatic heterocycles. The van der Waals surface area contributed by atoms with E-state index in [1.165, 1.54) is 36.4 Å². The zero-order chi connectivity index (χ0) is 22.4. The number of hydrogen-bond acceptors (Lipinski definition) is 6. The molecule has 0 saturated heterocycles. The minimum absolute atomic E-state index is 0.0443. The van der Waals surface area contributed by atoms with Gasteiger partial charge in [-0.2, -0.15) is 0 Å². The van der Waals surface area contributed by atoms with Crippen LogP contribution in [0.4, 0.5) is 5.69 Å². The number of sulfonamides is 1. The number of rotatable bonds is 9. The molecule has 0 aliphatic carbocycles. The Hall–Kier alpha value is -2.89. The molecule has 4 N–H and O–H groups in total. The van der Waals surface area contributed by atoms with E-state index in [0.29, 0.717) is 24.1 Å². The Morgan fingerprint density at radius 1 is 1.19 bits per heavy atom. The first kappa shape index (κ1) is 22.8. The molecule has 1 aliphatic heterocycles. The number of anilines is 1. The number of benzene rings is 2. The number of carbonyl (C=O) groups excluding carboxylic acids is 1. The third-order valence-corrected chi connectivity index (χ3v) is 6.43. The number of amides is 1. The lowest BCUT2D eigenvalue weighted by atomic mass is 10.1. The molecule has 3 rings (SSSR count). The first-order valence-electron chi connectivity index (χ1n) is 9.34. The van der Waals surface area contributed by atoms with Gasteiger partial charge in [-0.3, -0.25) is 4.79 Å². The standard InChI is InChI=1S/C20H21BrN4O5S/c21-15-5-6-18(17(12-15)20(27)28)24-19(26)14-3-1-4-16(11-14)31(29,30)23-7-2-9-25-10-8-22-13-25/h1,3-6,8,10-12,22-23H,2,7,9,13H2,(H,24,26)(H,27,28). The Morgan fingerprint density at radius 2 is 2.00 bits per heavy atom. The van der Waals surface area contributed by atoms with Gasteiger partial charge in [-0.1, -0.05) is 22.0 Å². The molecular weight excluding hydrogens is 488 g/mol. The van der Waals surface area contributed by atoms with Crippen LogP contribution in [-0.2, 0) is 10.0 Å². The van der Waals surface area contributed by atoms with Gasteiger partial charge in [-0.25, -0.2) is 17.9 Å². The van der Waals surface area contributed by atoms with Gasteiger partial charge in [0.05, 0.1) is 22.8 Å². The predicted molar refractivity (Wildman–Crippen MR) is 119 cm³/mol. The Balaban J connectivity index is 1.67. The molecule has 0 radical (unpaired) electrons. The van der Waals surface area contributed by atoms with Crippen LogP contribution in [0.3, 0.4) is 0 Å². The van der Waals surface area contributed by atoms with Crippen LogP contribution in [0.1, 0.15) is 27.1 Å². The quantitative estimate of drug-likeness (QED) is 0.383. The van der Waals surface area contributed by atoms with Crippen molar-refractivity contribution >= 4 is 43.5 Å². The minimum Gasteiger partial charge on any atom is -0.478 e. The van der Waals surface area contributed by atoms with E-state index >= 15 is 0 Å². The van der Waals surface area contributed by atoms with E-state index in [2.05, 4.69) is 31.3 Å². The normalized spacial score (nSPS) is 13.1. The summed E-state index contributed by atoms with van der Waals surface area (Å²) in [6, 6.07) is 10.00. The lowest BCUT2D eigenvalue weighted by molar-refractivity contribution is 0.0698. The highest BCUT2D eigenvalue weighted by molar-refractivity contribution is 9.10. The van der Waals surface area contributed by atoms with Crippen molar-refractivity contribution in [1.29, 1.82) is 0 Å². The van der Waals surface area contributed by atoms with Crippen molar-refractivity contribution in [3.8, 4) is 0 Å². The fraction of sp³-hybridized carbons (Fsp3) is 0.200. The predicted octanol–water partition coefficient (Wildman–Crippen LogP) is 2.40. The topological polar surface area (TPSA) is 128 Å². The lowest BCUT2D eigenvalue weighted by Gasteiger charge is -2.14. The molecule has 11 heteroatoms. The lowest BCUT2D eigenvalue weighted by Crippen LogP contribution is -2.29. The molecule has 0 fully saturated rings. The maximum atomic E-state index is 12.6. The number of nitrogens with zero attached hydrogens (tertiary/aromatic N) is 1. The van der Waals surface area contributed by atoms with Crippen LogP contribution in [0.25, 0.3) is 0 Å². The van der Waals surface area contributed by atoms with Crippen molar-refractivity contribution in [2.45, 2.75) is 11.3 Å². The fourth-order valence-electron chi connectivity index (χ4n) is 2.91. The number of nitrogens with one attached hydrogen (secondary N) is 3. The molecule has 0 atom stereocenters. The zero-order valence-electron chi connectivity index (χ0n) is 16.3. The summed E-state index contributed by atoms with van der Waals surface area (Å²) in [6.07, 6.45) is 4.35. The smallest absolute Gasteiger partial charge is 0.337 e. The average Bonchev–Trinajstić information content (AvgIpc) is 3.26. The zero-order valence-corrected chi connectivity index (χ0v) is 18.7. The second-order valence-electron chi connectivity index (χ2n) is 6.72. The average molecular weight is 509 g/mol. The molecule has 31 heavy (non-hydrogen) atoms. The summed E-state index contributed by atoms with van der Waals surface area (Å²) in [4.78, 5) is 26.0. The number of hydrogen-bond donors (Lipinski definition) is 4. The van der Waals surface area contributed by atoms with Crippen molar-refractivity contribution in [2.24, 2.45) is 0 Å². The van der Waals surface area contributed by atoms with E-state index in [9.17, 15) is 23.1 Å². The highest BCUT2D eigenvalue weighted by Gasteiger charge is 2.18. The van der Waals surface area contributed by atoms with Crippen LogP contribution in [0.2, 0.25) is 0 Å². The van der Waals surface area contributed by atoms with E-state index in [1.54, 1.807) is 6.07 Å². The molecule has 0 bridgehead atoms. The SMILES string of the molecule is O=C(Nc1ccc(Br)cc1C(=O)O)c1cccc(S(=O)(=O)NCCCN2C=CNC2)c1. The molecule has 1 heterocycles. The van der Waals surface area contributed by atoms with Gasteiger partial charge in [0.1, 0.15) is 0 Å². The molecule has 0 spiro atoms. The highest BCUT2D eigenvalue weighted by atomic mass is 79.9. The second-order valence-corrected chi connectivity index (χ2v) is 9.40. The van der Waals surface area contributed by atoms with Gasteiger partial charge in [-0.05, 0) is 42.8 Å². The van der Waals surface area contributed by atoms with Crippen LogP contribution < -0.4 is 15.4 Å². The Bertz CT molecular complexity index is 1120. The van der Waals surface area contributed by atoms with E-state index in [0.717, 1.165) is 0 Å². The minimum atomic E-state index is -3.79. The van der Waals surface area contributed by atoms with Gasteiger partial charge in [-0.15, -0.1) is 0 Å². The van der Waals surface area contributed by atoms with Crippen LogP contribution >= 0.6 is 15.9 Å². The Morgan fingerprint density at radius 3 is 2.71 bits per heavy atom. The summed E-state index contributed by atoms with van der Waals surface area (Å²) in [5.74, 6) is -1.81. The molecule has 0 saturated carbocycles. The van der Waals surface area contributed by atoms with E-state index in [1.807, 2.05) is 17.3 Å². The van der Waals surface area contributed by atoms with E-state index in [-0.39, 0.29) is 28.3 Å². The number of carbonyl (C=O) groups is 2.